The molecule has 27 heavy (non-hydrogen) atoms. The summed E-state index contributed by atoms with van der Waals surface area (Å²) < 4.78 is 10.5. The van der Waals surface area contributed by atoms with E-state index < -0.39 is 0 Å². The molecule has 9 heteroatoms. The molecule has 5 nitrogen and oxygen atoms in total. The Bertz CT molecular complexity index is 977. The minimum Gasteiger partial charge on any atom is -0.493 e. The number of rotatable bonds is 4. The van der Waals surface area contributed by atoms with Crippen molar-refractivity contribution in [2.45, 2.75) is 0 Å². The van der Waals surface area contributed by atoms with E-state index in [0.29, 0.717) is 47.9 Å². The van der Waals surface area contributed by atoms with Gasteiger partial charge in [0.2, 0.25) is 0 Å². The summed E-state index contributed by atoms with van der Waals surface area (Å²) in [7, 11) is 3.05. The average Bonchev–Trinajstić information content (AvgIpc) is 2.99. The molecule has 140 valence electrons. The number of halogens is 3. The van der Waals surface area contributed by atoms with Gasteiger partial charge >= 0.3 is 0 Å². The van der Waals surface area contributed by atoms with Crippen LogP contribution >= 0.6 is 46.6 Å². The van der Waals surface area contributed by atoms with Gasteiger partial charge in [-0.1, -0.05) is 40.9 Å². The van der Waals surface area contributed by atoms with E-state index in [1.165, 1.54) is 26.0 Å². The van der Waals surface area contributed by atoms with Crippen LogP contribution in [-0.2, 0) is 4.79 Å². The fourth-order valence-electron chi connectivity index (χ4n) is 2.29. The molecule has 1 fully saturated rings. The van der Waals surface area contributed by atoms with Gasteiger partial charge in [0.15, 0.2) is 16.7 Å². The molecular weight excluding hydrogens is 431 g/mol. The summed E-state index contributed by atoms with van der Waals surface area (Å²) in [5.41, 5.74) is 1.09. The molecule has 3 rings (SSSR count). The van der Waals surface area contributed by atoms with E-state index in [1.54, 1.807) is 36.4 Å². The first-order valence-electron chi connectivity index (χ1n) is 7.58. The fourth-order valence-corrected chi connectivity index (χ4v) is 3.66. The van der Waals surface area contributed by atoms with Crippen molar-refractivity contribution in [3.05, 3.63) is 55.9 Å². The van der Waals surface area contributed by atoms with E-state index in [2.05, 4.69) is 10.3 Å². The number of carbonyl (C=O) groups is 1. The van der Waals surface area contributed by atoms with Gasteiger partial charge in [-0.3, -0.25) is 4.79 Å². The zero-order valence-electron chi connectivity index (χ0n) is 14.2. The van der Waals surface area contributed by atoms with E-state index in [4.69, 9.17) is 44.3 Å². The molecule has 0 radical (unpaired) electrons. The molecule has 1 heterocycles. The van der Waals surface area contributed by atoms with Crippen LogP contribution in [-0.4, -0.2) is 25.3 Å². The van der Waals surface area contributed by atoms with Crippen molar-refractivity contribution in [2.24, 2.45) is 4.99 Å². The van der Waals surface area contributed by atoms with Crippen LogP contribution < -0.4 is 14.8 Å². The number of amidine groups is 1. The minimum absolute atomic E-state index is 0.289. The molecule has 2 aromatic carbocycles. The third kappa shape index (κ3) is 4.35. The molecule has 1 N–H and O–H groups in total. The van der Waals surface area contributed by atoms with E-state index >= 15 is 0 Å². The van der Waals surface area contributed by atoms with Crippen molar-refractivity contribution in [3.8, 4) is 11.5 Å². The fraction of sp³-hybridized carbons (Fsp3) is 0.111. The Morgan fingerprint density at radius 1 is 1.07 bits per heavy atom. The highest BCUT2D eigenvalue weighted by molar-refractivity contribution is 8.18. The zero-order valence-corrected chi connectivity index (χ0v) is 17.3. The van der Waals surface area contributed by atoms with Gasteiger partial charge in [-0.05, 0) is 41.6 Å². The summed E-state index contributed by atoms with van der Waals surface area (Å²) in [4.78, 5) is 17.1. The summed E-state index contributed by atoms with van der Waals surface area (Å²) in [6.07, 6.45) is 1.66. The van der Waals surface area contributed by atoms with E-state index in [0.717, 1.165) is 0 Å². The SMILES string of the molecule is COc1cc(Cl)c(/C=C2/SC(=Nc3cccc(Cl)c3Cl)NC2=O)cc1OC. The normalized spacial score (nSPS) is 16.7. The lowest BCUT2D eigenvalue weighted by atomic mass is 10.2. The Hall–Kier alpha value is -1.86. The number of ether oxygens (including phenoxy) is 2. The molecule has 2 aromatic rings. The number of methoxy groups -OCH3 is 2. The van der Waals surface area contributed by atoms with Crippen molar-refractivity contribution in [2.75, 3.05) is 14.2 Å². The van der Waals surface area contributed by atoms with Crippen LogP contribution in [0.25, 0.3) is 6.08 Å². The van der Waals surface area contributed by atoms with Gasteiger partial charge in [-0.2, -0.15) is 0 Å². The highest BCUT2D eigenvalue weighted by Crippen LogP contribution is 2.37. The summed E-state index contributed by atoms with van der Waals surface area (Å²) in [5, 5.41) is 4.23. The predicted molar refractivity (Wildman–Crippen MR) is 112 cm³/mol. The van der Waals surface area contributed by atoms with Crippen molar-refractivity contribution < 1.29 is 14.3 Å². The van der Waals surface area contributed by atoms with Crippen molar-refractivity contribution in [3.63, 3.8) is 0 Å². The Morgan fingerprint density at radius 3 is 2.48 bits per heavy atom. The topological polar surface area (TPSA) is 59.9 Å². The van der Waals surface area contributed by atoms with Gasteiger partial charge in [-0.25, -0.2) is 4.99 Å². The van der Waals surface area contributed by atoms with Crippen molar-refractivity contribution in [1.82, 2.24) is 5.32 Å². The third-order valence-corrected chi connectivity index (χ3v) is 5.64. The number of benzene rings is 2. The van der Waals surface area contributed by atoms with Gasteiger partial charge in [-0.15, -0.1) is 0 Å². The second-order valence-electron chi connectivity index (χ2n) is 5.28. The van der Waals surface area contributed by atoms with Gasteiger partial charge in [0.1, 0.15) is 0 Å². The number of hydrogen-bond acceptors (Lipinski definition) is 5. The first-order valence-corrected chi connectivity index (χ1v) is 9.53. The molecule has 0 aromatic heterocycles. The molecule has 1 saturated heterocycles. The molecule has 0 atom stereocenters. The first kappa shape index (κ1) is 19.9. The average molecular weight is 444 g/mol. The van der Waals surface area contributed by atoms with Crippen LogP contribution in [0.3, 0.4) is 0 Å². The number of thioether (sulfide) groups is 1. The number of amides is 1. The number of hydrogen-bond donors (Lipinski definition) is 1. The second kappa shape index (κ2) is 8.44. The predicted octanol–water partition coefficient (Wildman–Crippen LogP) is 5.56. The lowest BCUT2D eigenvalue weighted by molar-refractivity contribution is -0.115. The summed E-state index contributed by atoms with van der Waals surface area (Å²) in [6.45, 7) is 0. The maximum atomic E-state index is 12.3. The molecule has 0 bridgehead atoms. The largest absolute Gasteiger partial charge is 0.493 e. The highest BCUT2D eigenvalue weighted by atomic mass is 35.5. The van der Waals surface area contributed by atoms with Crippen LogP contribution in [0.15, 0.2) is 40.2 Å². The van der Waals surface area contributed by atoms with Crippen molar-refractivity contribution in [1.29, 1.82) is 0 Å². The Kier molecular flexibility index (Phi) is 6.22. The Morgan fingerprint density at radius 2 is 1.78 bits per heavy atom. The summed E-state index contributed by atoms with van der Waals surface area (Å²) in [6, 6.07) is 8.43. The van der Waals surface area contributed by atoms with E-state index in [1.807, 2.05) is 0 Å². The van der Waals surface area contributed by atoms with Crippen LogP contribution in [0.1, 0.15) is 5.56 Å². The number of aliphatic imine (C=N–C) groups is 1. The summed E-state index contributed by atoms with van der Waals surface area (Å²) in [5.74, 6) is 0.727. The summed E-state index contributed by atoms with van der Waals surface area (Å²) >= 11 is 19.6. The molecular formula is C18H13Cl3N2O3S. The molecule has 0 spiro atoms. The quantitative estimate of drug-likeness (QED) is 0.629. The number of carbonyl (C=O) groups excluding carboxylic acids is 1. The first-order chi connectivity index (χ1) is 12.9. The van der Waals surface area contributed by atoms with E-state index in [-0.39, 0.29) is 5.91 Å². The Labute approximate surface area is 175 Å². The second-order valence-corrected chi connectivity index (χ2v) is 7.51. The standard InChI is InChI=1S/C18H13Cl3N2O3S/c1-25-13-6-9(11(20)8-14(13)26-2)7-15-17(24)23-18(27-15)22-12-5-3-4-10(19)16(12)21/h3-8H,1-2H3,(H,22,23,24)/b15-7+. The van der Waals surface area contributed by atoms with Crippen LogP contribution in [0, 0.1) is 0 Å². The molecule has 0 aliphatic carbocycles. The lowest BCUT2D eigenvalue weighted by Crippen LogP contribution is -2.19. The van der Waals surface area contributed by atoms with Crippen LogP contribution in [0.4, 0.5) is 5.69 Å². The monoisotopic (exact) mass is 442 g/mol. The maximum absolute atomic E-state index is 12.3. The van der Waals surface area contributed by atoms with Crippen molar-refractivity contribution >= 4 is 69.4 Å². The van der Waals surface area contributed by atoms with Gasteiger partial charge < -0.3 is 14.8 Å². The number of nitrogens with one attached hydrogen (secondary N) is 1. The maximum Gasteiger partial charge on any atom is 0.264 e. The van der Waals surface area contributed by atoms with Gasteiger partial charge in [0, 0.05) is 6.07 Å². The van der Waals surface area contributed by atoms with Gasteiger partial charge in [0.05, 0.1) is 39.9 Å². The van der Waals surface area contributed by atoms with Crippen LogP contribution in [0.2, 0.25) is 15.1 Å². The number of nitrogens with zero attached hydrogens (tertiary/aromatic N) is 1. The zero-order chi connectivity index (χ0) is 19.6. The molecule has 1 aliphatic heterocycles. The Balaban J connectivity index is 1.92. The minimum atomic E-state index is -0.289. The molecule has 1 amide bonds. The van der Waals surface area contributed by atoms with Crippen LogP contribution in [0.5, 0.6) is 11.5 Å². The molecule has 1 aliphatic rings. The molecule has 0 saturated carbocycles. The highest BCUT2D eigenvalue weighted by Gasteiger charge is 2.25. The smallest absolute Gasteiger partial charge is 0.264 e. The lowest BCUT2D eigenvalue weighted by Gasteiger charge is -2.09. The molecule has 0 unspecified atom stereocenters. The van der Waals surface area contributed by atoms with E-state index in [9.17, 15) is 4.79 Å². The third-order valence-electron chi connectivity index (χ3n) is 3.59. The van der Waals surface area contributed by atoms with Gasteiger partial charge in [0.25, 0.3) is 5.91 Å².